The van der Waals surface area contributed by atoms with Crippen LogP contribution in [0.25, 0.3) is 0 Å². The number of anilines is 1. The number of halogens is 1. The number of carbonyl (C=O) groups is 2. The van der Waals surface area contributed by atoms with Gasteiger partial charge in [0.05, 0.1) is 0 Å². The molecule has 1 aromatic rings. The molecule has 0 aromatic heterocycles. The second-order valence-electron chi connectivity index (χ2n) is 5.60. The maximum Gasteiger partial charge on any atom is 0.224 e. The van der Waals surface area contributed by atoms with Crippen LogP contribution in [0, 0.1) is 5.92 Å². The van der Waals surface area contributed by atoms with E-state index in [1.807, 2.05) is 0 Å². The van der Waals surface area contributed by atoms with Gasteiger partial charge in [0.2, 0.25) is 5.91 Å². The minimum Gasteiger partial charge on any atom is -0.327 e. The molecule has 0 aliphatic heterocycles. The summed E-state index contributed by atoms with van der Waals surface area (Å²) in [4.78, 5) is 23.4. The molecule has 0 saturated heterocycles. The van der Waals surface area contributed by atoms with E-state index in [9.17, 15) is 9.59 Å². The van der Waals surface area contributed by atoms with E-state index < -0.39 is 0 Å². The van der Waals surface area contributed by atoms with Crippen molar-refractivity contribution >= 4 is 29.8 Å². The number of ketones is 1. The van der Waals surface area contributed by atoms with Crippen LogP contribution in [-0.4, -0.2) is 17.7 Å². The second kappa shape index (κ2) is 8.15. The molecule has 1 amide bonds. The molecule has 116 valence electrons. The average molecular weight is 311 g/mol. The van der Waals surface area contributed by atoms with Crippen LogP contribution in [0.5, 0.6) is 0 Å². The monoisotopic (exact) mass is 310 g/mol. The Morgan fingerprint density at radius 1 is 1.29 bits per heavy atom. The standard InChI is InChI=1S/C16H22N2O2.ClH/c1-11(19)12-6-4-7-14(9-12)18-16(20)10-13-5-2-3-8-15(13)17;/h4,6-7,9,13,15H,2-3,5,8,10,17H2,1H3,(H,18,20);1H. The van der Waals surface area contributed by atoms with Crippen LogP contribution in [0.2, 0.25) is 0 Å². The van der Waals surface area contributed by atoms with E-state index in [0.29, 0.717) is 17.7 Å². The highest BCUT2D eigenvalue weighted by Gasteiger charge is 2.24. The molecule has 0 spiro atoms. The Balaban J connectivity index is 0.00000220. The van der Waals surface area contributed by atoms with Crippen LogP contribution in [-0.2, 0) is 4.79 Å². The van der Waals surface area contributed by atoms with E-state index in [0.717, 1.165) is 19.3 Å². The first-order valence-corrected chi connectivity index (χ1v) is 7.22. The van der Waals surface area contributed by atoms with Gasteiger partial charge in [-0.1, -0.05) is 25.0 Å². The summed E-state index contributed by atoms with van der Waals surface area (Å²) < 4.78 is 0. The van der Waals surface area contributed by atoms with Crippen molar-refractivity contribution < 1.29 is 9.59 Å². The van der Waals surface area contributed by atoms with E-state index in [-0.39, 0.29) is 36.1 Å². The van der Waals surface area contributed by atoms with Gasteiger partial charge in [0.25, 0.3) is 0 Å². The SMILES string of the molecule is CC(=O)c1cccc(NC(=O)CC2CCCCC2N)c1.Cl. The molecule has 0 heterocycles. The second-order valence-corrected chi connectivity index (χ2v) is 5.60. The zero-order chi connectivity index (χ0) is 14.5. The van der Waals surface area contributed by atoms with Gasteiger partial charge in [0, 0.05) is 23.7 Å². The fourth-order valence-corrected chi connectivity index (χ4v) is 2.76. The Morgan fingerprint density at radius 2 is 2.00 bits per heavy atom. The van der Waals surface area contributed by atoms with Crippen LogP contribution in [0.1, 0.15) is 49.4 Å². The summed E-state index contributed by atoms with van der Waals surface area (Å²) in [5, 5.41) is 2.86. The molecule has 1 aliphatic rings. The summed E-state index contributed by atoms with van der Waals surface area (Å²) in [6.45, 7) is 1.52. The molecule has 1 aromatic carbocycles. The van der Waals surface area contributed by atoms with E-state index in [1.165, 1.54) is 13.3 Å². The molecule has 0 bridgehead atoms. The third kappa shape index (κ3) is 5.14. The largest absolute Gasteiger partial charge is 0.327 e. The molecule has 3 N–H and O–H groups in total. The Bertz CT molecular complexity index is 505. The lowest BCUT2D eigenvalue weighted by Gasteiger charge is -2.27. The molecule has 1 fully saturated rings. The van der Waals surface area contributed by atoms with Crippen molar-refractivity contribution in [2.45, 2.75) is 45.1 Å². The molecule has 1 aliphatic carbocycles. The van der Waals surface area contributed by atoms with E-state index in [1.54, 1.807) is 24.3 Å². The molecule has 1 saturated carbocycles. The zero-order valence-corrected chi connectivity index (χ0v) is 13.1. The molecule has 2 atom stereocenters. The normalized spacial score (nSPS) is 21.2. The number of hydrogen-bond acceptors (Lipinski definition) is 3. The first kappa shape index (κ1) is 17.7. The van der Waals surface area contributed by atoms with Crippen LogP contribution < -0.4 is 11.1 Å². The van der Waals surface area contributed by atoms with Crippen molar-refractivity contribution in [2.24, 2.45) is 11.7 Å². The van der Waals surface area contributed by atoms with Gasteiger partial charge in [-0.2, -0.15) is 0 Å². The van der Waals surface area contributed by atoms with Crippen molar-refractivity contribution in [2.75, 3.05) is 5.32 Å². The third-order valence-corrected chi connectivity index (χ3v) is 3.97. The van der Waals surface area contributed by atoms with Crippen molar-refractivity contribution in [1.82, 2.24) is 0 Å². The van der Waals surface area contributed by atoms with Gasteiger partial charge in [-0.05, 0) is 37.8 Å². The van der Waals surface area contributed by atoms with Gasteiger partial charge >= 0.3 is 0 Å². The summed E-state index contributed by atoms with van der Waals surface area (Å²) >= 11 is 0. The molecular formula is C16H23ClN2O2. The first-order valence-electron chi connectivity index (χ1n) is 7.22. The zero-order valence-electron chi connectivity index (χ0n) is 12.3. The van der Waals surface area contributed by atoms with Crippen molar-refractivity contribution in [3.05, 3.63) is 29.8 Å². The topological polar surface area (TPSA) is 72.2 Å². The van der Waals surface area contributed by atoms with Crippen molar-refractivity contribution in [3.8, 4) is 0 Å². The van der Waals surface area contributed by atoms with Gasteiger partial charge in [-0.3, -0.25) is 9.59 Å². The van der Waals surface area contributed by atoms with Crippen LogP contribution >= 0.6 is 12.4 Å². The Hall–Kier alpha value is -1.39. The Labute approximate surface area is 131 Å². The number of nitrogens with one attached hydrogen (secondary N) is 1. The van der Waals surface area contributed by atoms with E-state index in [2.05, 4.69) is 5.32 Å². The van der Waals surface area contributed by atoms with Crippen LogP contribution in [0.4, 0.5) is 5.69 Å². The van der Waals surface area contributed by atoms with E-state index in [4.69, 9.17) is 5.73 Å². The molecular weight excluding hydrogens is 288 g/mol. The Morgan fingerprint density at radius 3 is 2.67 bits per heavy atom. The fourth-order valence-electron chi connectivity index (χ4n) is 2.76. The fraction of sp³-hybridized carbons (Fsp3) is 0.500. The summed E-state index contributed by atoms with van der Waals surface area (Å²) in [5.41, 5.74) is 7.34. The van der Waals surface area contributed by atoms with Crippen LogP contribution in [0.3, 0.4) is 0 Å². The lowest BCUT2D eigenvalue weighted by Crippen LogP contribution is -2.35. The van der Waals surface area contributed by atoms with Gasteiger partial charge in [-0.15, -0.1) is 12.4 Å². The quantitative estimate of drug-likeness (QED) is 0.839. The summed E-state index contributed by atoms with van der Waals surface area (Å²) in [6, 6.07) is 7.16. The van der Waals surface area contributed by atoms with Gasteiger partial charge in [0.15, 0.2) is 5.78 Å². The van der Waals surface area contributed by atoms with Gasteiger partial charge < -0.3 is 11.1 Å². The molecule has 0 radical (unpaired) electrons. The maximum absolute atomic E-state index is 12.1. The third-order valence-electron chi connectivity index (χ3n) is 3.97. The average Bonchev–Trinajstić information content (AvgIpc) is 2.41. The highest BCUT2D eigenvalue weighted by atomic mass is 35.5. The number of Topliss-reactive ketones (excluding diaryl/α,β-unsaturated/α-hetero) is 1. The number of amides is 1. The molecule has 2 unspecified atom stereocenters. The molecule has 4 nitrogen and oxygen atoms in total. The maximum atomic E-state index is 12.1. The number of carbonyl (C=O) groups excluding carboxylic acids is 2. The molecule has 5 heteroatoms. The molecule has 2 rings (SSSR count). The predicted molar refractivity (Wildman–Crippen MR) is 86.9 cm³/mol. The lowest BCUT2D eigenvalue weighted by molar-refractivity contribution is -0.117. The van der Waals surface area contributed by atoms with Crippen molar-refractivity contribution in [1.29, 1.82) is 0 Å². The predicted octanol–water partition coefficient (Wildman–Crippen LogP) is 3.16. The highest BCUT2D eigenvalue weighted by Crippen LogP contribution is 2.26. The minimum atomic E-state index is -0.0203. The first-order chi connectivity index (χ1) is 9.56. The number of rotatable bonds is 4. The summed E-state index contributed by atoms with van der Waals surface area (Å²) in [7, 11) is 0. The number of nitrogens with two attached hydrogens (primary N) is 1. The lowest BCUT2D eigenvalue weighted by atomic mass is 9.83. The minimum absolute atomic E-state index is 0. The van der Waals surface area contributed by atoms with Gasteiger partial charge in [0.1, 0.15) is 0 Å². The number of hydrogen-bond donors (Lipinski definition) is 2. The van der Waals surface area contributed by atoms with Gasteiger partial charge in [-0.25, -0.2) is 0 Å². The van der Waals surface area contributed by atoms with E-state index >= 15 is 0 Å². The highest BCUT2D eigenvalue weighted by molar-refractivity contribution is 5.97. The smallest absolute Gasteiger partial charge is 0.224 e. The van der Waals surface area contributed by atoms with Crippen molar-refractivity contribution in [3.63, 3.8) is 0 Å². The summed E-state index contributed by atoms with van der Waals surface area (Å²) in [6.07, 6.45) is 4.83. The Kier molecular flexibility index (Phi) is 6.85. The van der Waals surface area contributed by atoms with Crippen LogP contribution in [0.15, 0.2) is 24.3 Å². The number of benzene rings is 1. The summed E-state index contributed by atoms with van der Waals surface area (Å²) in [5.74, 6) is 0.253. The molecule has 21 heavy (non-hydrogen) atoms.